The first-order valence-electron chi connectivity index (χ1n) is 7.52. The third-order valence-corrected chi connectivity index (χ3v) is 5.40. The minimum Gasteiger partial charge on any atom is -0.324 e. The lowest BCUT2D eigenvalue weighted by atomic mass is 9.98. The summed E-state index contributed by atoms with van der Waals surface area (Å²) in [6.45, 7) is 3.92. The molecule has 1 aromatic rings. The van der Waals surface area contributed by atoms with Gasteiger partial charge in [0.1, 0.15) is 0 Å². The van der Waals surface area contributed by atoms with Crippen molar-refractivity contribution in [1.82, 2.24) is 14.9 Å². The SMILES string of the molecule is CC1CCCC(C)N1C(=O)NCNS(=O)(=O)c1ccccc1. The maximum Gasteiger partial charge on any atom is 0.318 e. The summed E-state index contributed by atoms with van der Waals surface area (Å²) in [7, 11) is -3.60. The second-order valence-electron chi connectivity index (χ2n) is 5.66. The number of piperidine rings is 1. The lowest BCUT2D eigenvalue weighted by Gasteiger charge is -2.38. The minimum absolute atomic E-state index is 0.119. The molecule has 2 N–H and O–H groups in total. The fourth-order valence-electron chi connectivity index (χ4n) is 2.80. The topological polar surface area (TPSA) is 78.5 Å². The van der Waals surface area contributed by atoms with Gasteiger partial charge in [-0.2, -0.15) is 4.72 Å². The number of rotatable bonds is 4. The molecule has 2 unspecified atom stereocenters. The van der Waals surface area contributed by atoms with Crippen LogP contribution in [0.5, 0.6) is 0 Å². The number of carbonyl (C=O) groups excluding carboxylic acids is 1. The summed E-state index contributed by atoms with van der Waals surface area (Å²) in [6, 6.07) is 8.21. The van der Waals surface area contributed by atoms with E-state index in [4.69, 9.17) is 0 Å². The van der Waals surface area contributed by atoms with Gasteiger partial charge >= 0.3 is 6.03 Å². The number of hydrogen-bond donors (Lipinski definition) is 2. The molecule has 0 spiro atoms. The highest BCUT2D eigenvalue weighted by Crippen LogP contribution is 2.22. The van der Waals surface area contributed by atoms with Crippen molar-refractivity contribution in [3.63, 3.8) is 0 Å². The van der Waals surface area contributed by atoms with Crippen molar-refractivity contribution in [3.8, 4) is 0 Å². The number of nitrogens with zero attached hydrogens (tertiary/aromatic N) is 1. The second kappa shape index (κ2) is 7.11. The Labute approximate surface area is 131 Å². The third-order valence-electron chi connectivity index (χ3n) is 3.98. The molecular formula is C15H23N3O3S. The van der Waals surface area contributed by atoms with Gasteiger partial charge in [-0.3, -0.25) is 0 Å². The molecule has 1 aliphatic heterocycles. The Bertz CT molecular complexity index is 594. The van der Waals surface area contributed by atoms with Gasteiger partial charge in [-0.15, -0.1) is 0 Å². The van der Waals surface area contributed by atoms with E-state index in [-0.39, 0.29) is 29.7 Å². The number of sulfonamides is 1. The van der Waals surface area contributed by atoms with Gasteiger partial charge < -0.3 is 10.2 Å². The lowest BCUT2D eigenvalue weighted by Crippen LogP contribution is -2.53. The Balaban J connectivity index is 1.89. The molecule has 0 aromatic heterocycles. The van der Waals surface area contributed by atoms with Gasteiger partial charge in [0.25, 0.3) is 0 Å². The number of nitrogens with one attached hydrogen (secondary N) is 2. The van der Waals surface area contributed by atoms with Gasteiger partial charge in [0.15, 0.2) is 0 Å². The first-order valence-corrected chi connectivity index (χ1v) is 9.01. The fraction of sp³-hybridized carbons (Fsp3) is 0.533. The van der Waals surface area contributed by atoms with Crippen molar-refractivity contribution in [1.29, 1.82) is 0 Å². The molecule has 6 nitrogen and oxygen atoms in total. The van der Waals surface area contributed by atoms with Crippen LogP contribution in [-0.4, -0.2) is 38.1 Å². The van der Waals surface area contributed by atoms with E-state index in [1.165, 1.54) is 12.1 Å². The maximum atomic E-state index is 12.2. The summed E-state index contributed by atoms with van der Waals surface area (Å²) in [4.78, 5) is 14.2. The smallest absolute Gasteiger partial charge is 0.318 e. The third kappa shape index (κ3) is 3.98. The molecule has 0 saturated carbocycles. The van der Waals surface area contributed by atoms with Gasteiger partial charge in [-0.1, -0.05) is 18.2 Å². The van der Waals surface area contributed by atoms with Crippen molar-refractivity contribution in [3.05, 3.63) is 30.3 Å². The zero-order valence-corrected chi connectivity index (χ0v) is 13.8. The van der Waals surface area contributed by atoms with E-state index in [9.17, 15) is 13.2 Å². The molecule has 1 aromatic carbocycles. The molecule has 2 atom stereocenters. The van der Waals surface area contributed by atoms with Crippen LogP contribution >= 0.6 is 0 Å². The summed E-state index contributed by atoms with van der Waals surface area (Å²) in [5, 5.41) is 2.64. The Morgan fingerprint density at radius 2 is 1.77 bits per heavy atom. The monoisotopic (exact) mass is 325 g/mol. The number of hydrogen-bond acceptors (Lipinski definition) is 3. The van der Waals surface area contributed by atoms with Crippen molar-refractivity contribution in [2.75, 3.05) is 6.67 Å². The standard InChI is InChI=1S/C15H23N3O3S/c1-12-7-6-8-13(2)18(12)15(19)16-11-17-22(20,21)14-9-4-3-5-10-14/h3-5,9-10,12-13,17H,6-8,11H2,1-2H3,(H,16,19). The highest BCUT2D eigenvalue weighted by Gasteiger charge is 2.28. The average Bonchev–Trinajstić information content (AvgIpc) is 2.48. The number of urea groups is 1. The summed E-state index contributed by atoms with van der Waals surface area (Å²) in [5.41, 5.74) is 0. The molecule has 1 aliphatic rings. The highest BCUT2D eigenvalue weighted by atomic mass is 32.2. The van der Waals surface area contributed by atoms with Crippen LogP contribution in [-0.2, 0) is 10.0 Å². The number of carbonyl (C=O) groups is 1. The van der Waals surface area contributed by atoms with Crippen LogP contribution < -0.4 is 10.0 Å². The molecule has 0 aliphatic carbocycles. The molecule has 1 saturated heterocycles. The second-order valence-corrected chi connectivity index (χ2v) is 7.42. The zero-order chi connectivity index (χ0) is 16.2. The Morgan fingerprint density at radius 1 is 1.18 bits per heavy atom. The van der Waals surface area contributed by atoms with Gasteiger partial charge in [-0.05, 0) is 45.2 Å². The van der Waals surface area contributed by atoms with Gasteiger partial charge in [0.2, 0.25) is 10.0 Å². The van der Waals surface area contributed by atoms with E-state index in [1.54, 1.807) is 23.1 Å². The quantitative estimate of drug-likeness (QED) is 0.830. The Hall–Kier alpha value is -1.60. The molecule has 2 amide bonds. The minimum atomic E-state index is -3.60. The predicted molar refractivity (Wildman–Crippen MR) is 84.8 cm³/mol. The summed E-state index contributed by atoms with van der Waals surface area (Å²) >= 11 is 0. The van der Waals surface area contributed by atoms with E-state index in [0.29, 0.717) is 0 Å². The van der Waals surface area contributed by atoms with Crippen LogP contribution in [0.15, 0.2) is 35.2 Å². The normalized spacial score (nSPS) is 22.4. The molecule has 122 valence electrons. The lowest BCUT2D eigenvalue weighted by molar-refractivity contribution is 0.123. The Kier molecular flexibility index (Phi) is 5.42. The van der Waals surface area contributed by atoms with Crippen molar-refractivity contribution in [2.45, 2.75) is 50.1 Å². The fourth-order valence-corrected chi connectivity index (χ4v) is 3.75. The number of amides is 2. The number of benzene rings is 1. The zero-order valence-electron chi connectivity index (χ0n) is 13.0. The summed E-state index contributed by atoms with van der Waals surface area (Å²) in [5.74, 6) is 0. The van der Waals surface area contributed by atoms with Crippen LogP contribution in [0.4, 0.5) is 4.79 Å². The largest absolute Gasteiger partial charge is 0.324 e. The van der Waals surface area contributed by atoms with Gasteiger partial charge in [0, 0.05) is 12.1 Å². The summed E-state index contributed by atoms with van der Waals surface area (Å²) < 4.78 is 26.5. The van der Waals surface area contributed by atoms with E-state index in [1.807, 2.05) is 13.8 Å². The molecule has 0 bridgehead atoms. The van der Waals surface area contributed by atoms with Crippen LogP contribution in [0.2, 0.25) is 0 Å². The number of likely N-dealkylation sites (tertiary alicyclic amines) is 1. The van der Waals surface area contributed by atoms with Crippen LogP contribution in [0.3, 0.4) is 0 Å². The molecular weight excluding hydrogens is 302 g/mol. The van der Waals surface area contributed by atoms with E-state index in [0.717, 1.165) is 19.3 Å². The molecule has 1 heterocycles. The average molecular weight is 325 g/mol. The predicted octanol–water partition coefficient (Wildman–Crippen LogP) is 1.89. The van der Waals surface area contributed by atoms with Gasteiger partial charge in [-0.25, -0.2) is 13.2 Å². The van der Waals surface area contributed by atoms with Crippen LogP contribution in [0.25, 0.3) is 0 Å². The first-order chi connectivity index (χ1) is 10.4. The van der Waals surface area contributed by atoms with Crippen LogP contribution in [0.1, 0.15) is 33.1 Å². The van der Waals surface area contributed by atoms with Crippen molar-refractivity contribution in [2.24, 2.45) is 0 Å². The molecule has 7 heteroatoms. The van der Waals surface area contributed by atoms with E-state index >= 15 is 0 Å². The molecule has 22 heavy (non-hydrogen) atoms. The molecule has 0 radical (unpaired) electrons. The maximum absolute atomic E-state index is 12.2. The van der Waals surface area contributed by atoms with Crippen LogP contribution in [0, 0.1) is 0 Å². The molecule has 2 rings (SSSR count). The Morgan fingerprint density at radius 3 is 2.36 bits per heavy atom. The van der Waals surface area contributed by atoms with Gasteiger partial charge in [0.05, 0.1) is 11.6 Å². The summed E-state index contributed by atoms with van der Waals surface area (Å²) in [6.07, 6.45) is 3.08. The van der Waals surface area contributed by atoms with E-state index in [2.05, 4.69) is 10.0 Å². The van der Waals surface area contributed by atoms with Crippen molar-refractivity contribution >= 4 is 16.1 Å². The highest BCUT2D eigenvalue weighted by molar-refractivity contribution is 7.89. The first kappa shape index (κ1) is 16.8. The van der Waals surface area contributed by atoms with E-state index < -0.39 is 10.0 Å². The molecule has 1 fully saturated rings. The van der Waals surface area contributed by atoms with Crippen molar-refractivity contribution < 1.29 is 13.2 Å².